The van der Waals surface area contributed by atoms with E-state index < -0.39 is 10.9 Å². The maximum absolute atomic E-state index is 10.9. The second-order valence-corrected chi connectivity index (χ2v) is 4.24. The molecule has 9 nitrogen and oxygen atoms in total. The van der Waals surface area contributed by atoms with Crippen molar-refractivity contribution in [1.29, 1.82) is 0 Å². The number of non-ortho nitro benzene ring substituents is 1. The lowest BCUT2D eigenvalue weighted by Crippen LogP contribution is -2.19. The van der Waals surface area contributed by atoms with Crippen molar-refractivity contribution in [2.24, 2.45) is 0 Å². The van der Waals surface area contributed by atoms with Crippen molar-refractivity contribution in [3.8, 4) is 0 Å². The minimum atomic E-state index is -0.865. The van der Waals surface area contributed by atoms with Crippen LogP contribution in [0.1, 0.15) is 12.8 Å². The lowest BCUT2D eigenvalue weighted by molar-refractivity contribution is -0.383. The van der Waals surface area contributed by atoms with Gasteiger partial charge in [-0.05, 0) is 22.8 Å². The summed E-state index contributed by atoms with van der Waals surface area (Å²) >= 11 is 0. The minimum Gasteiger partial charge on any atom is -0.481 e. The van der Waals surface area contributed by atoms with E-state index in [1.807, 2.05) is 0 Å². The number of benzene rings is 1. The predicted octanol–water partition coefficient (Wildman–Crippen LogP) is 1.43. The molecule has 0 radical (unpaired) electrons. The summed E-state index contributed by atoms with van der Waals surface area (Å²) in [5, 5.41) is 26.7. The summed E-state index contributed by atoms with van der Waals surface area (Å²) in [5.41, 5.74) is 0.802. The molecular formula is C11H12N4O5. The van der Waals surface area contributed by atoms with Crippen molar-refractivity contribution in [2.75, 3.05) is 18.5 Å². The molecule has 1 N–H and O–H groups in total. The van der Waals surface area contributed by atoms with Crippen molar-refractivity contribution in [3.05, 3.63) is 22.2 Å². The van der Waals surface area contributed by atoms with E-state index in [0.29, 0.717) is 18.7 Å². The number of hydrogen-bond acceptors (Lipinski definition) is 7. The second-order valence-electron chi connectivity index (χ2n) is 4.24. The summed E-state index contributed by atoms with van der Waals surface area (Å²) in [6.45, 7) is 0.478. The topological polar surface area (TPSA) is 123 Å². The Bertz CT molecular complexity index is 653. The van der Waals surface area contributed by atoms with Crippen LogP contribution in [-0.4, -0.2) is 39.9 Å². The van der Waals surface area contributed by atoms with Gasteiger partial charge in [0, 0.05) is 26.1 Å². The predicted molar refractivity (Wildman–Crippen MR) is 68.6 cm³/mol. The molecule has 2 aromatic rings. The number of nitro groups is 1. The van der Waals surface area contributed by atoms with Gasteiger partial charge in [-0.2, -0.15) is 0 Å². The molecule has 9 heteroatoms. The Kier molecular flexibility index (Phi) is 3.78. The molecule has 1 aromatic carbocycles. The summed E-state index contributed by atoms with van der Waals surface area (Å²) in [6.07, 6.45) is 0.507. The molecule has 0 aliphatic carbocycles. The number of aliphatic carboxylic acids is 1. The molecule has 0 fully saturated rings. The third-order valence-corrected chi connectivity index (χ3v) is 2.86. The number of fused-ring (bicyclic) bond motifs is 1. The van der Waals surface area contributed by atoms with Crippen molar-refractivity contribution in [1.82, 2.24) is 10.3 Å². The van der Waals surface area contributed by atoms with E-state index in [-0.39, 0.29) is 23.1 Å². The van der Waals surface area contributed by atoms with Crippen LogP contribution < -0.4 is 4.90 Å². The maximum atomic E-state index is 10.9. The summed E-state index contributed by atoms with van der Waals surface area (Å²) in [4.78, 5) is 22.5. The Morgan fingerprint density at radius 3 is 2.80 bits per heavy atom. The van der Waals surface area contributed by atoms with Crippen molar-refractivity contribution in [2.45, 2.75) is 12.8 Å². The highest BCUT2D eigenvalue weighted by atomic mass is 16.6. The number of anilines is 1. The number of nitrogens with zero attached hydrogens (tertiary/aromatic N) is 4. The average Bonchev–Trinajstić information content (AvgIpc) is 2.85. The Balaban J connectivity index is 2.26. The van der Waals surface area contributed by atoms with E-state index >= 15 is 0 Å². The van der Waals surface area contributed by atoms with Gasteiger partial charge in [0.1, 0.15) is 0 Å². The first-order valence-electron chi connectivity index (χ1n) is 5.83. The fourth-order valence-corrected chi connectivity index (χ4v) is 1.88. The minimum absolute atomic E-state index is 0.0531. The fourth-order valence-electron chi connectivity index (χ4n) is 1.88. The van der Waals surface area contributed by atoms with Crippen molar-refractivity contribution < 1.29 is 19.5 Å². The van der Waals surface area contributed by atoms with Crippen LogP contribution in [-0.2, 0) is 4.79 Å². The number of aromatic nitrogens is 2. The van der Waals surface area contributed by atoms with Gasteiger partial charge in [-0.3, -0.25) is 14.9 Å². The van der Waals surface area contributed by atoms with Gasteiger partial charge in [-0.1, -0.05) is 0 Å². The van der Waals surface area contributed by atoms with E-state index in [1.54, 1.807) is 18.0 Å². The van der Waals surface area contributed by atoms with E-state index in [2.05, 4.69) is 14.9 Å². The fraction of sp³-hybridized carbons (Fsp3) is 0.364. The number of rotatable bonds is 6. The van der Waals surface area contributed by atoms with E-state index in [9.17, 15) is 14.9 Å². The first kappa shape index (κ1) is 13.7. The molecule has 0 aliphatic rings. The SMILES string of the molecule is CN(CCCC(=O)O)c1ccc([N+](=O)[O-])c2nonc12. The molecule has 0 bridgehead atoms. The molecule has 0 saturated carbocycles. The van der Waals surface area contributed by atoms with Crippen LogP contribution in [0.5, 0.6) is 0 Å². The van der Waals surface area contributed by atoms with Gasteiger partial charge in [0.25, 0.3) is 0 Å². The molecule has 1 heterocycles. The molecule has 0 amide bonds. The normalized spacial score (nSPS) is 10.7. The van der Waals surface area contributed by atoms with Crippen LogP contribution in [0.2, 0.25) is 0 Å². The van der Waals surface area contributed by atoms with Crippen LogP contribution in [0, 0.1) is 10.1 Å². The van der Waals surface area contributed by atoms with Crippen LogP contribution in [0.3, 0.4) is 0 Å². The Morgan fingerprint density at radius 1 is 1.45 bits per heavy atom. The number of hydrogen-bond donors (Lipinski definition) is 1. The van der Waals surface area contributed by atoms with Crippen LogP contribution >= 0.6 is 0 Å². The largest absolute Gasteiger partial charge is 0.481 e. The summed E-state index contributed by atoms with van der Waals surface area (Å²) < 4.78 is 4.56. The number of carbonyl (C=O) groups is 1. The number of carboxylic acid groups (broad SMARTS) is 1. The Labute approximate surface area is 112 Å². The molecule has 1 aromatic heterocycles. The van der Waals surface area contributed by atoms with Gasteiger partial charge in [-0.25, -0.2) is 4.63 Å². The van der Waals surface area contributed by atoms with E-state index in [4.69, 9.17) is 5.11 Å². The lowest BCUT2D eigenvalue weighted by atomic mass is 10.2. The standard InChI is InChI=1S/C11H12N4O5/c1-14(6-2-3-9(16)17)7-4-5-8(15(18)19)11-10(7)12-20-13-11/h4-5H,2-3,6H2,1H3,(H,16,17). The molecule has 106 valence electrons. The highest BCUT2D eigenvalue weighted by Gasteiger charge is 2.21. The van der Waals surface area contributed by atoms with E-state index in [0.717, 1.165) is 0 Å². The lowest BCUT2D eigenvalue weighted by Gasteiger charge is -2.18. The molecule has 0 saturated heterocycles. The van der Waals surface area contributed by atoms with Gasteiger partial charge < -0.3 is 10.0 Å². The molecule has 0 unspecified atom stereocenters. The second kappa shape index (κ2) is 5.51. The average molecular weight is 280 g/mol. The van der Waals surface area contributed by atoms with Gasteiger partial charge in [0.15, 0.2) is 5.52 Å². The molecule has 0 atom stereocenters. The third kappa shape index (κ3) is 2.66. The zero-order chi connectivity index (χ0) is 14.7. The molecule has 20 heavy (non-hydrogen) atoms. The Hall–Kier alpha value is -2.71. The number of nitro benzene ring substituents is 1. The smallest absolute Gasteiger partial charge is 0.303 e. The first-order chi connectivity index (χ1) is 9.50. The third-order valence-electron chi connectivity index (χ3n) is 2.86. The zero-order valence-corrected chi connectivity index (χ0v) is 10.6. The highest BCUT2D eigenvalue weighted by Crippen LogP contribution is 2.30. The van der Waals surface area contributed by atoms with Crippen molar-refractivity contribution in [3.63, 3.8) is 0 Å². The molecular weight excluding hydrogens is 268 g/mol. The Morgan fingerprint density at radius 2 is 2.15 bits per heavy atom. The maximum Gasteiger partial charge on any atom is 0.303 e. The number of carboxylic acids is 1. The van der Waals surface area contributed by atoms with Crippen LogP contribution in [0.25, 0.3) is 11.0 Å². The van der Waals surface area contributed by atoms with Gasteiger partial charge in [0.05, 0.1) is 10.6 Å². The van der Waals surface area contributed by atoms with Gasteiger partial charge in [-0.15, -0.1) is 0 Å². The first-order valence-corrected chi connectivity index (χ1v) is 5.83. The van der Waals surface area contributed by atoms with E-state index in [1.165, 1.54) is 6.07 Å². The zero-order valence-electron chi connectivity index (χ0n) is 10.6. The van der Waals surface area contributed by atoms with Gasteiger partial charge in [0.2, 0.25) is 5.52 Å². The van der Waals surface area contributed by atoms with Crippen molar-refractivity contribution >= 4 is 28.4 Å². The summed E-state index contributed by atoms with van der Waals surface area (Å²) in [6, 6.07) is 2.88. The van der Waals surface area contributed by atoms with Crippen LogP contribution in [0.15, 0.2) is 16.8 Å². The van der Waals surface area contributed by atoms with Crippen LogP contribution in [0.4, 0.5) is 11.4 Å². The molecule has 0 aliphatic heterocycles. The highest BCUT2D eigenvalue weighted by molar-refractivity contribution is 5.93. The summed E-state index contributed by atoms with van der Waals surface area (Å²) in [7, 11) is 1.75. The van der Waals surface area contributed by atoms with Gasteiger partial charge >= 0.3 is 11.7 Å². The molecule has 2 rings (SSSR count). The summed E-state index contributed by atoms with van der Waals surface area (Å²) in [5.74, 6) is -0.865. The monoisotopic (exact) mass is 280 g/mol. The molecule has 0 spiro atoms. The quantitative estimate of drug-likeness (QED) is 0.622.